The summed E-state index contributed by atoms with van der Waals surface area (Å²) in [4.78, 5) is 4.16. The Morgan fingerprint density at radius 1 is 1.33 bits per heavy atom. The maximum Gasteiger partial charge on any atom is 0.245 e. The molecule has 1 fully saturated rings. The first-order valence-corrected chi connectivity index (χ1v) is 8.01. The Bertz CT molecular complexity index is 525. The number of nitrogens with zero attached hydrogens (tertiary/aromatic N) is 2. The lowest BCUT2D eigenvalue weighted by atomic mass is 10.2. The number of sulfonamides is 1. The normalized spacial score (nSPS) is 26.2. The van der Waals surface area contributed by atoms with Crippen LogP contribution in [0.15, 0.2) is 27.8 Å². The van der Waals surface area contributed by atoms with E-state index < -0.39 is 10.0 Å². The molecule has 0 bridgehead atoms. The molecule has 2 atom stereocenters. The third kappa shape index (κ3) is 2.59. The van der Waals surface area contributed by atoms with Crippen molar-refractivity contribution in [3.8, 4) is 0 Å². The minimum Gasteiger partial charge on any atom is -0.314 e. The van der Waals surface area contributed by atoms with Crippen LogP contribution in [0, 0.1) is 0 Å². The Kier molecular flexibility index (Phi) is 4.05. The SMILES string of the molecule is CC1CNCC(C)N1S(=O)(=O)c1cncc(Br)c1. The van der Waals surface area contributed by atoms with E-state index in [1.165, 1.54) is 6.20 Å². The molecule has 1 saturated heterocycles. The van der Waals surface area contributed by atoms with E-state index >= 15 is 0 Å². The van der Waals surface area contributed by atoms with Gasteiger partial charge in [-0.3, -0.25) is 4.98 Å². The van der Waals surface area contributed by atoms with Crippen LogP contribution in [-0.2, 0) is 10.0 Å². The highest BCUT2D eigenvalue weighted by atomic mass is 79.9. The summed E-state index contributed by atoms with van der Waals surface area (Å²) in [6, 6.07) is 1.47. The predicted molar refractivity (Wildman–Crippen MR) is 72.8 cm³/mol. The fourth-order valence-corrected chi connectivity index (χ4v) is 4.57. The number of aromatic nitrogens is 1. The Morgan fingerprint density at radius 3 is 2.50 bits per heavy atom. The molecule has 100 valence electrons. The fourth-order valence-electron chi connectivity index (χ4n) is 2.24. The van der Waals surface area contributed by atoms with Gasteiger partial charge in [-0.25, -0.2) is 8.42 Å². The number of hydrogen-bond acceptors (Lipinski definition) is 4. The van der Waals surface area contributed by atoms with Crippen LogP contribution < -0.4 is 5.32 Å². The van der Waals surface area contributed by atoms with E-state index in [1.54, 1.807) is 16.6 Å². The second kappa shape index (κ2) is 5.24. The van der Waals surface area contributed by atoms with Gasteiger partial charge in [0.15, 0.2) is 0 Å². The Labute approximate surface area is 116 Å². The van der Waals surface area contributed by atoms with Crippen LogP contribution in [0.3, 0.4) is 0 Å². The molecule has 0 spiro atoms. The smallest absolute Gasteiger partial charge is 0.245 e. The lowest BCUT2D eigenvalue weighted by Gasteiger charge is -2.38. The molecule has 0 aliphatic carbocycles. The van der Waals surface area contributed by atoms with Gasteiger partial charge in [-0.05, 0) is 35.8 Å². The number of nitrogens with one attached hydrogen (secondary N) is 1. The molecule has 18 heavy (non-hydrogen) atoms. The molecule has 0 saturated carbocycles. The number of halogens is 1. The summed E-state index contributed by atoms with van der Waals surface area (Å²) in [5.41, 5.74) is 0. The van der Waals surface area contributed by atoms with Gasteiger partial charge in [-0.2, -0.15) is 4.31 Å². The zero-order chi connectivity index (χ0) is 13.3. The van der Waals surface area contributed by atoms with Gasteiger partial charge in [0.2, 0.25) is 10.0 Å². The molecule has 1 aliphatic rings. The molecular formula is C11H16BrN3O2S. The largest absolute Gasteiger partial charge is 0.314 e. The number of pyridine rings is 1. The van der Waals surface area contributed by atoms with Crippen LogP contribution in [0.2, 0.25) is 0 Å². The predicted octanol–water partition coefficient (Wildman–Crippen LogP) is 1.22. The van der Waals surface area contributed by atoms with Gasteiger partial charge < -0.3 is 5.32 Å². The molecule has 1 aromatic heterocycles. The van der Waals surface area contributed by atoms with Crippen molar-refractivity contribution >= 4 is 26.0 Å². The van der Waals surface area contributed by atoms with Gasteiger partial charge in [0.05, 0.1) is 0 Å². The van der Waals surface area contributed by atoms with Crippen molar-refractivity contribution in [2.45, 2.75) is 30.8 Å². The summed E-state index contributed by atoms with van der Waals surface area (Å²) in [6.07, 6.45) is 2.96. The maximum atomic E-state index is 12.6. The second-order valence-corrected chi connectivity index (χ2v) is 7.29. The van der Waals surface area contributed by atoms with Crippen molar-refractivity contribution in [3.05, 3.63) is 22.9 Å². The lowest BCUT2D eigenvalue weighted by Crippen LogP contribution is -2.57. The number of rotatable bonds is 2. The topological polar surface area (TPSA) is 62.3 Å². The van der Waals surface area contributed by atoms with Crippen molar-refractivity contribution in [2.24, 2.45) is 0 Å². The van der Waals surface area contributed by atoms with Crippen LogP contribution in [0.5, 0.6) is 0 Å². The molecule has 1 aromatic rings. The van der Waals surface area contributed by atoms with E-state index in [0.29, 0.717) is 17.6 Å². The molecule has 2 rings (SSSR count). The van der Waals surface area contributed by atoms with E-state index in [4.69, 9.17) is 0 Å². The van der Waals surface area contributed by atoms with Gasteiger partial charge in [0.25, 0.3) is 0 Å². The Hall–Kier alpha value is -0.500. The van der Waals surface area contributed by atoms with E-state index in [1.807, 2.05) is 13.8 Å². The molecule has 0 aromatic carbocycles. The van der Waals surface area contributed by atoms with Gasteiger partial charge in [-0.15, -0.1) is 0 Å². The zero-order valence-corrected chi connectivity index (χ0v) is 12.7. The fraction of sp³-hybridized carbons (Fsp3) is 0.545. The van der Waals surface area contributed by atoms with Gasteiger partial charge in [0, 0.05) is 42.0 Å². The highest BCUT2D eigenvalue weighted by Crippen LogP contribution is 2.23. The number of piperazine rings is 1. The van der Waals surface area contributed by atoms with E-state index in [9.17, 15) is 8.42 Å². The molecule has 7 heteroatoms. The van der Waals surface area contributed by atoms with Crippen molar-refractivity contribution in [1.29, 1.82) is 0 Å². The van der Waals surface area contributed by atoms with Gasteiger partial charge >= 0.3 is 0 Å². The molecule has 0 amide bonds. The highest BCUT2D eigenvalue weighted by Gasteiger charge is 2.35. The van der Waals surface area contributed by atoms with Crippen molar-refractivity contribution in [2.75, 3.05) is 13.1 Å². The summed E-state index contributed by atoms with van der Waals surface area (Å²) in [7, 11) is -3.48. The quantitative estimate of drug-likeness (QED) is 0.883. The van der Waals surface area contributed by atoms with Crippen LogP contribution in [0.1, 0.15) is 13.8 Å². The third-order valence-corrected chi connectivity index (χ3v) is 5.53. The van der Waals surface area contributed by atoms with E-state index in [2.05, 4.69) is 26.2 Å². The second-order valence-electron chi connectivity index (χ2n) is 4.53. The Morgan fingerprint density at radius 2 is 1.94 bits per heavy atom. The first kappa shape index (κ1) is 13.9. The molecule has 0 radical (unpaired) electrons. The summed E-state index contributed by atoms with van der Waals surface area (Å²) in [5.74, 6) is 0. The summed E-state index contributed by atoms with van der Waals surface area (Å²) < 4.78 is 27.4. The van der Waals surface area contributed by atoms with Crippen LogP contribution in [0.25, 0.3) is 0 Å². The summed E-state index contributed by atoms with van der Waals surface area (Å²) >= 11 is 3.25. The monoisotopic (exact) mass is 333 g/mol. The van der Waals surface area contributed by atoms with Crippen molar-refractivity contribution < 1.29 is 8.42 Å². The lowest BCUT2D eigenvalue weighted by molar-refractivity contribution is 0.220. The zero-order valence-electron chi connectivity index (χ0n) is 10.3. The first-order valence-electron chi connectivity index (χ1n) is 5.77. The summed E-state index contributed by atoms with van der Waals surface area (Å²) in [6.45, 7) is 5.16. The van der Waals surface area contributed by atoms with Gasteiger partial charge in [-0.1, -0.05) is 0 Å². The van der Waals surface area contributed by atoms with Crippen molar-refractivity contribution in [3.63, 3.8) is 0 Å². The van der Waals surface area contributed by atoms with Crippen molar-refractivity contribution in [1.82, 2.24) is 14.6 Å². The maximum absolute atomic E-state index is 12.6. The van der Waals surface area contributed by atoms with E-state index in [0.717, 1.165) is 0 Å². The molecule has 1 aliphatic heterocycles. The van der Waals surface area contributed by atoms with E-state index in [-0.39, 0.29) is 17.0 Å². The minimum absolute atomic E-state index is 0.0577. The number of hydrogen-bond donors (Lipinski definition) is 1. The third-order valence-electron chi connectivity index (χ3n) is 3.00. The van der Waals surface area contributed by atoms with Crippen LogP contribution in [0.4, 0.5) is 0 Å². The van der Waals surface area contributed by atoms with Crippen LogP contribution in [-0.4, -0.2) is 42.9 Å². The minimum atomic E-state index is -3.48. The average molecular weight is 334 g/mol. The molecule has 5 nitrogen and oxygen atoms in total. The first-order chi connectivity index (χ1) is 8.43. The van der Waals surface area contributed by atoms with Crippen LogP contribution >= 0.6 is 15.9 Å². The standard InChI is InChI=1S/C11H16BrN3O2S/c1-8-4-13-5-9(2)15(8)18(16,17)11-3-10(12)6-14-7-11/h3,6-9,13H,4-5H2,1-2H3. The Balaban J connectivity index is 2.41. The molecule has 2 heterocycles. The molecule has 2 unspecified atom stereocenters. The molecule has 1 N–H and O–H groups in total. The van der Waals surface area contributed by atoms with Gasteiger partial charge in [0.1, 0.15) is 4.90 Å². The molecular weight excluding hydrogens is 318 g/mol. The average Bonchev–Trinajstić information content (AvgIpc) is 2.28. The highest BCUT2D eigenvalue weighted by molar-refractivity contribution is 9.10. The summed E-state index contributed by atoms with van der Waals surface area (Å²) in [5, 5.41) is 3.22.